The number of pyridine rings is 2. The second-order valence-corrected chi connectivity index (χ2v) is 14.7. The maximum Gasteiger partial charge on any atom is 0.120 e. The Kier molecular flexibility index (Phi) is 8.68. The van der Waals surface area contributed by atoms with Gasteiger partial charge in [-0.05, 0) is 51.7 Å². The SMILES string of the molecule is CC(C)(C)c1ccnc(-c2[c-]cc3oc4ccccc4c3c2)c1.[2H]C([2H])([2H])c1c[c-]c(-c2ccc(C(C)(C)c3ccccc3)cn2)c2oc3ccccc3c12.[Ir]. The largest absolute Gasteiger partial charge is 0.501 e. The van der Waals surface area contributed by atoms with E-state index in [1.807, 2.05) is 85.2 Å². The number of aryl methyl sites for hydroxylation is 1. The first-order valence-corrected chi connectivity index (χ1v) is 17.5. The molecule has 9 rings (SSSR count). The Hall–Kier alpha value is -5.35. The van der Waals surface area contributed by atoms with E-state index < -0.39 is 6.85 Å². The summed E-state index contributed by atoms with van der Waals surface area (Å²) < 4.78 is 35.9. The molecule has 0 saturated heterocycles. The van der Waals surface area contributed by atoms with Crippen LogP contribution >= 0.6 is 0 Å². The van der Waals surface area contributed by atoms with Gasteiger partial charge in [0.05, 0.1) is 11.2 Å². The monoisotopic (exact) mass is 872 g/mol. The molecule has 1 radical (unpaired) electrons. The molecule has 0 bridgehead atoms. The number of para-hydroxylation sites is 2. The Bertz CT molecular complexity index is 2810. The Morgan fingerprint density at radius 2 is 1.32 bits per heavy atom. The average molecular weight is 872 g/mol. The molecule has 5 aromatic carbocycles. The number of nitrogens with zero attached hydrogens (tertiary/aromatic N) is 2. The van der Waals surface area contributed by atoms with Gasteiger partial charge in [-0.2, -0.15) is 0 Å². The van der Waals surface area contributed by atoms with Gasteiger partial charge in [0.25, 0.3) is 0 Å². The second kappa shape index (κ2) is 14.2. The van der Waals surface area contributed by atoms with E-state index in [1.54, 1.807) is 6.07 Å². The van der Waals surface area contributed by atoms with E-state index in [2.05, 4.69) is 94.2 Å². The van der Waals surface area contributed by atoms with Crippen molar-refractivity contribution in [1.29, 1.82) is 0 Å². The van der Waals surface area contributed by atoms with E-state index in [4.69, 9.17) is 17.9 Å². The molecule has 0 aliphatic heterocycles. The third-order valence-electron chi connectivity index (χ3n) is 9.90. The van der Waals surface area contributed by atoms with Gasteiger partial charge in [-0.1, -0.05) is 143 Å². The van der Waals surface area contributed by atoms with E-state index in [0.717, 1.165) is 44.1 Å². The molecule has 0 saturated carbocycles. The molecule has 0 N–H and O–H groups in total. The van der Waals surface area contributed by atoms with Crippen LogP contribution in [0.2, 0.25) is 0 Å². The molecular weight excluding hydrogens is 829 g/mol. The maximum absolute atomic E-state index is 7.98. The number of furan rings is 2. The number of hydrogen-bond donors (Lipinski definition) is 0. The van der Waals surface area contributed by atoms with E-state index in [0.29, 0.717) is 27.8 Å². The topological polar surface area (TPSA) is 52.1 Å². The molecule has 4 aromatic heterocycles. The first-order chi connectivity index (χ1) is 26.3. The van der Waals surface area contributed by atoms with Crippen LogP contribution in [0.15, 0.2) is 143 Å². The van der Waals surface area contributed by atoms with Crippen LogP contribution in [0.3, 0.4) is 0 Å². The summed E-state index contributed by atoms with van der Waals surface area (Å²) in [6.07, 6.45) is 3.75. The summed E-state index contributed by atoms with van der Waals surface area (Å²) in [7, 11) is 0. The summed E-state index contributed by atoms with van der Waals surface area (Å²) in [6.45, 7) is 8.71. The van der Waals surface area contributed by atoms with Gasteiger partial charge in [0.1, 0.15) is 11.2 Å². The zero-order chi connectivity index (χ0) is 38.5. The molecule has 4 heterocycles. The number of rotatable bonds is 4. The molecule has 265 valence electrons. The summed E-state index contributed by atoms with van der Waals surface area (Å²) in [4.78, 5) is 9.25. The normalized spacial score (nSPS) is 12.9. The molecule has 5 heteroatoms. The molecular formula is C48H40IrN2O2-2. The van der Waals surface area contributed by atoms with E-state index in [-0.39, 0.29) is 36.5 Å². The number of fused-ring (bicyclic) bond motifs is 6. The van der Waals surface area contributed by atoms with Crippen molar-refractivity contribution in [1.82, 2.24) is 9.97 Å². The number of benzene rings is 5. The summed E-state index contributed by atoms with van der Waals surface area (Å²) >= 11 is 0. The fourth-order valence-electron chi connectivity index (χ4n) is 6.76. The van der Waals surface area contributed by atoms with Gasteiger partial charge >= 0.3 is 0 Å². The van der Waals surface area contributed by atoms with Crippen molar-refractivity contribution < 1.29 is 33.1 Å². The molecule has 0 unspecified atom stereocenters. The van der Waals surface area contributed by atoms with Crippen LogP contribution in [-0.2, 0) is 30.9 Å². The van der Waals surface area contributed by atoms with Gasteiger partial charge < -0.3 is 18.8 Å². The second-order valence-electron chi connectivity index (χ2n) is 14.7. The Morgan fingerprint density at radius 3 is 2.04 bits per heavy atom. The van der Waals surface area contributed by atoms with Crippen LogP contribution in [0, 0.1) is 19.0 Å². The van der Waals surface area contributed by atoms with Gasteiger partial charge in [0.15, 0.2) is 0 Å². The summed E-state index contributed by atoms with van der Waals surface area (Å²) in [6, 6.07) is 46.2. The zero-order valence-corrected chi connectivity index (χ0v) is 32.6. The molecule has 53 heavy (non-hydrogen) atoms. The summed E-state index contributed by atoms with van der Waals surface area (Å²) in [5, 5.41) is 3.62. The fourth-order valence-corrected chi connectivity index (χ4v) is 6.76. The van der Waals surface area contributed by atoms with E-state index in [9.17, 15) is 0 Å². The van der Waals surface area contributed by atoms with Crippen LogP contribution in [-0.4, -0.2) is 9.97 Å². The van der Waals surface area contributed by atoms with Crippen molar-refractivity contribution in [3.63, 3.8) is 0 Å². The van der Waals surface area contributed by atoms with Crippen LogP contribution in [0.25, 0.3) is 66.4 Å². The third kappa shape index (κ3) is 6.83. The Balaban J connectivity index is 0.000000177. The molecule has 0 amide bonds. The van der Waals surface area contributed by atoms with Crippen molar-refractivity contribution in [3.05, 3.63) is 168 Å². The molecule has 4 nitrogen and oxygen atoms in total. The van der Waals surface area contributed by atoms with Gasteiger partial charge in [-0.15, -0.1) is 41.5 Å². The minimum Gasteiger partial charge on any atom is -0.501 e. The first-order valence-electron chi connectivity index (χ1n) is 19.0. The number of hydrogen-bond acceptors (Lipinski definition) is 4. The smallest absolute Gasteiger partial charge is 0.120 e. The predicted octanol–water partition coefficient (Wildman–Crippen LogP) is 12.8. The molecule has 9 aromatic rings. The van der Waals surface area contributed by atoms with Crippen molar-refractivity contribution in [2.75, 3.05) is 0 Å². The number of aromatic nitrogens is 2. The van der Waals surface area contributed by atoms with Gasteiger partial charge in [0.2, 0.25) is 0 Å². The van der Waals surface area contributed by atoms with Crippen molar-refractivity contribution in [3.8, 4) is 22.5 Å². The molecule has 0 atom stereocenters. The quantitative estimate of drug-likeness (QED) is 0.165. The molecule has 0 spiro atoms. The average Bonchev–Trinajstić information content (AvgIpc) is 3.76. The Morgan fingerprint density at radius 1 is 0.604 bits per heavy atom. The van der Waals surface area contributed by atoms with Crippen LogP contribution < -0.4 is 0 Å². The summed E-state index contributed by atoms with van der Waals surface area (Å²) in [5.41, 5.74) is 9.93. The minimum atomic E-state index is -2.27. The van der Waals surface area contributed by atoms with Crippen LogP contribution in [0.4, 0.5) is 0 Å². The van der Waals surface area contributed by atoms with Gasteiger partial charge in [-0.3, -0.25) is 0 Å². The van der Waals surface area contributed by atoms with Crippen molar-refractivity contribution >= 4 is 43.9 Å². The van der Waals surface area contributed by atoms with Gasteiger partial charge in [0, 0.05) is 52.8 Å². The van der Waals surface area contributed by atoms with Gasteiger partial charge in [-0.25, -0.2) is 0 Å². The van der Waals surface area contributed by atoms with Crippen LogP contribution in [0.1, 0.15) is 61.0 Å². The minimum absolute atomic E-state index is 0. The fraction of sp³-hybridized carbons (Fsp3) is 0.167. The van der Waals surface area contributed by atoms with Crippen LogP contribution in [0.5, 0.6) is 0 Å². The third-order valence-corrected chi connectivity index (χ3v) is 9.90. The molecule has 0 fully saturated rings. The molecule has 0 aliphatic rings. The van der Waals surface area contributed by atoms with Crippen molar-refractivity contribution in [2.24, 2.45) is 0 Å². The maximum atomic E-state index is 7.98. The van der Waals surface area contributed by atoms with E-state index in [1.165, 1.54) is 11.1 Å². The first kappa shape index (κ1) is 32.3. The van der Waals surface area contributed by atoms with E-state index >= 15 is 0 Å². The van der Waals surface area contributed by atoms with Crippen molar-refractivity contribution in [2.45, 2.75) is 52.3 Å². The predicted molar refractivity (Wildman–Crippen MR) is 214 cm³/mol. The standard InChI is InChI=1S/C27H22NO.C21H18NO.Ir/c1-18-13-15-21(26-25(18)22-11-7-8-12-24(22)29-26)23-16-14-20(17-28-23)27(2,3)19-9-5-4-6-10-19;1-21(2,3)15-10-11-22-18(13-15)14-8-9-20-17(12-14)16-6-4-5-7-19(16)23-20;/h4-14,16-17H,1-3H3;4-7,9-13H,1-3H3;/q2*-1;/i1D3;;. The summed E-state index contributed by atoms with van der Waals surface area (Å²) in [5.74, 6) is 0. The molecule has 0 aliphatic carbocycles. The zero-order valence-electron chi connectivity index (χ0n) is 33.2. The Labute approximate surface area is 328 Å².